The number of amides is 1. The van der Waals surface area contributed by atoms with Gasteiger partial charge in [-0.05, 0) is 31.7 Å². The molecule has 2 atom stereocenters. The first kappa shape index (κ1) is 18.6. The second-order valence-corrected chi connectivity index (χ2v) is 7.21. The van der Waals surface area contributed by atoms with Gasteiger partial charge in [0.2, 0.25) is 0 Å². The topological polar surface area (TPSA) is 87.3 Å². The van der Waals surface area contributed by atoms with Crippen LogP contribution in [0.5, 0.6) is 5.75 Å². The summed E-state index contributed by atoms with van der Waals surface area (Å²) in [6, 6.07) is 2.26. The van der Waals surface area contributed by atoms with Crippen molar-refractivity contribution >= 4 is 22.5 Å². The first-order chi connectivity index (χ1) is 13.3. The van der Waals surface area contributed by atoms with E-state index < -0.39 is 24.2 Å². The predicted molar refractivity (Wildman–Crippen MR) is 95.3 cm³/mol. The number of aromatic amines is 1. The van der Waals surface area contributed by atoms with Crippen LogP contribution in [0.4, 0.5) is 18.9 Å². The number of H-pyrrole nitrogens is 1. The number of anilines is 1. The van der Waals surface area contributed by atoms with E-state index >= 15 is 0 Å². The van der Waals surface area contributed by atoms with E-state index in [1.807, 2.05) is 0 Å². The highest BCUT2D eigenvalue weighted by Gasteiger charge is 2.51. The number of halogens is 3. The number of hydrogen-bond donors (Lipinski definition) is 2. The van der Waals surface area contributed by atoms with Crippen molar-refractivity contribution in [2.75, 3.05) is 12.4 Å². The van der Waals surface area contributed by atoms with Gasteiger partial charge < -0.3 is 19.9 Å². The fourth-order valence-corrected chi connectivity index (χ4v) is 4.37. The number of alkyl halides is 3. The maximum absolute atomic E-state index is 12.9. The van der Waals surface area contributed by atoms with Crippen LogP contribution in [0.1, 0.15) is 25.7 Å². The molecule has 2 fully saturated rings. The largest absolute Gasteiger partial charge is 0.495 e. The Kier molecular flexibility index (Phi) is 4.43. The molecule has 0 saturated carbocycles. The first-order valence-electron chi connectivity index (χ1n) is 8.99. The summed E-state index contributed by atoms with van der Waals surface area (Å²) >= 11 is 0. The zero-order valence-electron chi connectivity index (χ0n) is 15.0. The molecule has 4 rings (SSSR count). The minimum atomic E-state index is -4.85. The summed E-state index contributed by atoms with van der Waals surface area (Å²) in [6.07, 6.45) is -1.61. The minimum Gasteiger partial charge on any atom is -0.495 e. The Bertz CT molecular complexity index is 961. The van der Waals surface area contributed by atoms with E-state index in [9.17, 15) is 22.8 Å². The number of ether oxygens (including phenoxy) is 1. The molecule has 0 spiro atoms. The molecule has 0 aliphatic carbocycles. The molecular weight excluding hydrogens is 377 g/mol. The summed E-state index contributed by atoms with van der Waals surface area (Å²) in [4.78, 5) is 31.4. The van der Waals surface area contributed by atoms with Gasteiger partial charge in [-0.1, -0.05) is 0 Å². The number of carbonyl (C=O) groups is 1. The zero-order chi connectivity index (χ0) is 20.1. The van der Waals surface area contributed by atoms with Crippen molar-refractivity contribution in [3.05, 3.63) is 28.8 Å². The highest BCUT2D eigenvalue weighted by atomic mass is 19.4. The number of methoxy groups -OCH3 is 1. The molecule has 2 aliphatic heterocycles. The summed E-state index contributed by atoms with van der Waals surface area (Å²) in [5.41, 5.74) is 0.770. The fourth-order valence-electron chi connectivity index (χ4n) is 4.37. The van der Waals surface area contributed by atoms with E-state index in [0.717, 1.165) is 4.90 Å². The second kappa shape index (κ2) is 6.68. The van der Waals surface area contributed by atoms with Crippen molar-refractivity contribution in [3.63, 3.8) is 0 Å². The van der Waals surface area contributed by atoms with Crippen LogP contribution in [0.2, 0.25) is 0 Å². The summed E-state index contributed by atoms with van der Waals surface area (Å²) in [6.45, 7) is 0. The molecule has 2 unspecified atom stereocenters. The van der Waals surface area contributed by atoms with Crippen LogP contribution in [0.3, 0.4) is 0 Å². The van der Waals surface area contributed by atoms with Crippen LogP contribution in [0.25, 0.3) is 10.9 Å². The number of benzene rings is 1. The summed E-state index contributed by atoms with van der Waals surface area (Å²) in [5.74, 6) is -1.26. The van der Waals surface area contributed by atoms with Crippen LogP contribution in [-0.4, -0.2) is 52.2 Å². The van der Waals surface area contributed by atoms with E-state index in [-0.39, 0.29) is 11.6 Å². The Morgan fingerprint density at radius 3 is 2.57 bits per heavy atom. The van der Waals surface area contributed by atoms with E-state index in [4.69, 9.17) is 4.74 Å². The van der Waals surface area contributed by atoms with Gasteiger partial charge in [-0.2, -0.15) is 13.2 Å². The third-order valence-electron chi connectivity index (χ3n) is 5.53. The van der Waals surface area contributed by atoms with Crippen LogP contribution in [-0.2, 0) is 4.79 Å². The van der Waals surface area contributed by atoms with Crippen molar-refractivity contribution < 1.29 is 22.7 Å². The second-order valence-electron chi connectivity index (χ2n) is 7.21. The van der Waals surface area contributed by atoms with Gasteiger partial charge in [0.1, 0.15) is 5.75 Å². The van der Waals surface area contributed by atoms with Gasteiger partial charge in [-0.15, -0.1) is 0 Å². The molecule has 0 radical (unpaired) electrons. The third-order valence-corrected chi connectivity index (χ3v) is 5.53. The van der Waals surface area contributed by atoms with Crippen molar-refractivity contribution in [2.24, 2.45) is 0 Å². The average molecular weight is 396 g/mol. The third kappa shape index (κ3) is 3.16. The average Bonchev–Trinajstić information content (AvgIpc) is 2.90. The molecular formula is C18H19F3N4O3. The Labute approximate surface area is 157 Å². The van der Waals surface area contributed by atoms with Crippen LogP contribution >= 0.6 is 0 Å². The van der Waals surface area contributed by atoms with Crippen LogP contribution < -0.4 is 15.6 Å². The number of rotatable bonds is 3. The number of nitrogens with zero attached hydrogens (tertiary/aromatic N) is 2. The number of piperidine rings is 1. The number of fused-ring (bicyclic) bond motifs is 3. The molecule has 1 aromatic carbocycles. The number of hydrogen-bond acceptors (Lipinski definition) is 5. The van der Waals surface area contributed by atoms with Crippen molar-refractivity contribution in [2.45, 2.75) is 50.0 Å². The molecule has 7 nitrogen and oxygen atoms in total. The number of nitrogens with one attached hydrogen (secondary N) is 2. The molecule has 3 heterocycles. The Hall–Kier alpha value is -2.78. The molecule has 2 aliphatic rings. The smallest absolute Gasteiger partial charge is 0.471 e. The van der Waals surface area contributed by atoms with E-state index in [1.165, 1.54) is 13.4 Å². The van der Waals surface area contributed by atoms with Crippen molar-refractivity contribution in [1.82, 2.24) is 14.9 Å². The Balaban J connectivity index is 1.58. The maximum Gasteiger partial charge on any atom is 0.471 e. The van der Waals surface area contributed by atoms with E-state index in [2.05, 4.69) is 15.3 Å². The van der Waals surface area contributed by atoms with Gasteiger partial charge in [0, 0.05) is 24.2 Å². The van der Waals surface area contributed by atoms with Gasteiger partial charge in [0.25, 0.3) is 5.56 Å². The van der Waals surface area contributed by atoms with Crippen molar-refractivity contribution in [1.29, 1.82) is 0 Å². The first-order valence-corrected chi connectivity index (χ1v) is 8.99. The zero-order valence-corrected chi connectivity index (χ0v) is 15.0. The lowest BCUT2D eigenvalue weighted by Gasteiger charge is -2.39. The van der Waals surface area contributed by atoms with Crippen LogP contribution in [0, 0.1) is 0 Å². The normalized spacial score (nSPS) is 24.4. The van der Waals surface area contributed by atoms with Gasteiger partial charge in [-0.3, -0.25) is 9.59 Å². The highest BCUT2D eigenvalue weighted by molar-refractivity contribution is 5.85. The molecule has 2 N–H and O–H groups in total. The SMILES string of the molecule is COc1cc2nc[nH]c(=O)c2cc1NC1CC2CCC(C1)N2C(=O)C(F)(F)F. The van der Waals surface area contributed by atoms with E-state index in [1.54, 1.807) is 12.1 Å². The van der Waals surface area contributed by atoms with E-state index in [0.29, 0.717) is 48.0 Å². The monoisotopic (exact) mass is 396 g/mol. The quantitative estimate of drug-likeness (QED) is 0.832. The lowest BCUT2D eigenvalue weighted by atomic mass is 9.96. The summed E-state index contributed by atoms with van der Waals surface area (Å²) in [7, 11) is 1.49. The number of carbonyl (C=O) groups excluding carboxylic acids is 1. The Morgan fingerprint density at radius 1 is 1.29 bits per heavy atom. The highest BCUT2D eigenvalue weighted by Crippen LogP contribution is 2.40. The molecule has 10 heteroatoms. The molecule has 2 bridgehead atoms. The molecule has 150 valence electrons. The molecule has 28 heavy (non-hydrogen) atoms. The van der Waals surface area contributed by atoms with Gasteiger partial charge in [0.15, 0.2) is 0 Å². The summed E-state index contributed by atoms with van der Waals surface area (Å²) < 4.78 is 44.0. The van der Waals surface area contributed by atoms with Crippen LogP contribution in [0.15, 0.2) is 23.3 Å². The maximum atomic E-state index is 12.9. The molecule has 1 amide bonds. The molecule has 2 aromatic rings. The van der Waals surface area contributed by atoms with Gasteiger partial charge >= 0.3 is 12.1 Å². The standard InChI is InChI=1S/C18H19F3N4O3/c1-28-15-7-13-12(16(26)23-8-22-13)6-14(15)24-9-4-10-2-3-11(5-9)25(10)17(27)18(19,20)21/h6-11,24H,2-5H2,1H3,(H,22,23,26). The fraction of sp³-hybridized carbons (Fsp3) is 0.500. The Morgan fingerprint density at radius 2 is 1.96 bits per heavy atom. The minimum absolute atomic E-state index is 0.128. The summed E-state index contributed by atoms with van der Waals surface area (Å²) in [5, 5.41) is 3.68. The number of aromatic nitrogens is 2. The van der Waals surface area contributed by atoms with Gasteiger partial charge in [-0.25, -0.2) is 4.98 Å². The molecule has 2 saturated heterocycles. The van der Waals surface area contributed by atoms with Gasteiger partial charge in [0.05, 0.1) is 30.0 Å². The van der Waals surface area contributed by atoms with Crippen molar-refractivity contribution in [3.8, 4) is 5.75 Å². The predicted octanol–water partition coefficient (Wildman–Crippen LogP) is 2.43. The lowest BCUT2D eigenvalue weighted by molar-refractivity contribution is -0.189. The molecule has 1 aromatic heterocycles. The lowest BCUT2D eigenvalue weighted by Crippen LogP contribution is -2.53.